The molecule has 7 nitrogen and oxygen atoms in total. The standard InChI is InChI=1S/C20H25FN4O3/c1-24-16(8-10-23-24)4-7-20(27)25-11-9-18(14(13-25)12-19(22)26)28-17-5-2-15(21)3-6-17/h2-3,5-6,8,10,14,18H,4,7,9,11-13H2,1H3,(H2,22,26)/t14-,18-/m0/s1. The van der Waals surface area contributed by atoms with E-state index in [-0.39, 0.29) is 30.2 Å². The van der Waals surface area contributed by atoms with Crippen molar-refractivity contribution in [2.24, 2.45) is 18.7 Å². The average Bonchev–Trinajstić information content (AvgIpc) is 3.07. The highest BCUT2D eigenvalue weighted by atomic mass is 19.1. The summed E-state index contributed by atoms with van der Waals surface area (Å²) in [5, 5.41) is 4.11. The molecule has 3 rings (SSSR count). The van der Waals surface area contributed by atoms with Gasteiger partial charge < -0.3 is 15.4 Å². The van der Waals surface area contributed by atoms with Crippen LogP contribution in [0.4, 0.5) is 4.39 Å². The van der Waals surface area contributed by atoms with E-state index < -0.39 is 5.91 Å². The van der Waals surface area contributed by atoms with Crippen LogP contribution in [0.1, 0.15) is 25.0 Å². The summed E-state index contributed by atoms with van der Waals surface area (Å²) in [7, 11) is 1.85. The molecule has 0 unspecified atom stereocenters. The van der Waals surface area contributed by atoms with Crippen LogP contribution < -0.4 is 10.5 Å². The number of aromatic nitrogens is 2. The predicted molar refractivity (Wildman–Crippen MR) is 101 cm³/mol. The van der Waals surface area contributed by atoms with Gasteiger partial charge in [0.15, 0.2) is 0 Å². The highest BCUT2D eigenvalue weighted by Gasteiger charge is 2.33. The number of carbonyl (C=O) groups is 2. The van der Waals surface area contributed by atoms with E-state index in [0.717, 1.165) is 5.69 Å². The largest absolute Gasteiger partial charge is 0.490 e. The summed E-state index contributed by atoms with van der Waals surface area (Å²) in [5.74, 6) is -0.388. The van der Waals surface area contributed by atoms with Gasteiger partial charge in [0, 0.05) is 57.2 Å². The molecule has 2 N–H and O–H groups in total. The molecule has 1 aliphatic heterocycles. The smallest absolute Gasteiger partial charge is 0.222 e. The van der Waals surface area contributed by atoms with E-state index in [2.05, 4.69) is 5.10 Å². The Balaban J connectivity index is 1.60. The summed E-state index contributed by atoms with van der Waals surface area (Å²) in [6.07, 6.45) is 3.18. The van der Waals surface area contributed by atoms with Gasteiger partial charge in [-0.3, -0.25) is 14.3 Å². The first-order valence-electron chi connectivity index (χ1n) is 9.37. The van der Waals surface area contributed by atoms with Crippen LogP contribution in [0.15, 0.2) is 36.5 Å². The van der Waals surface area contributed by atoms with Gasteiger partial charge in [-0.25, -0.2) is 4.39 Å². The molecule has 0 aliphatic carbocycles. The fraction of sp³-hybridized carbons (Fsp3) is 0.450. The first-order chi connectivity index (χ1) is 13.4. The van der Waals surface area contributed by atoms with Crippen molar-refractivity contribution in [2.45, 2.75) is 31.8 Å². The van der Waals surface area contributed by atoms with Crippen LogP contribution in [0.3, 0.4) is 0 Å². The Morgan fingerprint density at radius 2 is 2.04 bits per heavy atom. The van der Waals surface area contributed by atoms with Gasteiger partial charge in [0.25, 0.3) is 0 Å². The van der Waals surface area contributed by atoms with Gasteiger partial charge in [0.2, 0.25) is 11.8 Å². The number of piperidine rings is 1. The van der Waals surface area contributed by atoms with Crippen LogP contribution in [0, 0.1) is 11.7 Å². The number of hydrogen-bond acceptors (Lipinski definition) is 4. The maximum Gasteiger partial charge on any atom is 0.222 e. The second-order valence-electron chi connectivity index (χ2n) is 7.12. The number of carbonyl (C=O) groups excluding carboxylic acids is 2. The van der Waals surface area contributed by atoms with Crippen molar-refractivity contribution in [3.05, 3.63) is 48.0 Å². The third-order valence-corrected chi connectivity index (χ3v) is 5.10. The topological polar surface area (TPSA) is 90.4 Å². The lowest BCUT2D eigenvalue weighted by Crippen LogP contribution is -2.49. The molecular formula is C20H25FN4O3. The van der Waals surface area contributed by atoms with Crippen molar-refractivity contribution in [3.63, 3.8) is 0 Å². The second-order valence-corrected chi connectivity index (χ2v) is 7.12. The van der Waals surface area contributed by atoms with Gasteiger partial charge in [-0.2, -0.15) is 5.10 Å². The third-order valence-electron chi connectivity index (χ3n) is 5.10. The lowest BCUT2D eigenvalue weighted by atomic mass is 9.90. The van der Waals surface area contributed by atoms with Crippen LogP contribution in [0.25, 0.3) is 0 Å². The average molecular weight is 388 g/mol. The van der Waals surface area contributed by atoms with Crippen molar-refractivity contribution in [1.29, 1.82) is 0 Å². The minimum absolute atomic E-state index is 0.0379. The molecule has 0 bridgehead atoms. The number of amides is 2. The number of primary amides is 1. The summed E-state index contributed by atoms with van der Waals surface area (Å²) in [6.45, 7) is 0.963. The molecule has 0 radical (unpaired) electrons. The molecule has 1 aromatic carbocycles. The molecule has 2 amide bonds. The number of hydrogen-bond donors (Lipinski definition) is 1. The van der Waals surface area contributed by atoms with Crippen LogP contribution in [-0.2, 0) is 23.1 Å². The zero-order valence-electron chi connectivity index (χ0n) is 15.9. The molecule has 8 heteroatoms. The number of nitrogens with zero attached hydrogens (tertiary/aromatic N) is 3. The van der Waals surface area contributed by atoms with Crippen molar-refractivity contribution < 1.29 is 18.7 Å². The lowest BCUT2D eigenvalue weighted by molar-refractivity contribution is -0.136. The molecule has 1 fully saturated rings. The monoisotopic (exact) mass is 388 g/mol. The molecule has 1 aromatic heterocycles. The first-order valence-corrected chi connectivity index (χ1v) is 9.37. The third kappa shape index (κ3) is 5.09. The highest BCUT2D eigenvalue weighted by molar-refractivity contribution is 5.77. The number of rotatable bonds is 7. The number of aryl methyl sites for hydroxylation is 2. The Labute approximate surface area is 163 Å². The molecule has 150 valence electrons. The Bertz CT molecular complexity index is 821. The van der Waals surface area contributed by atoms with E-state index >= 15 is 0 Å². The lowest BCUT2D eigenvalue weighted by Gasteiger charge is -2.38. The van der Waals surface area contributed by atoms with E-state index in [4.69, 9.17) is 10.5 Å². The van der Waals surface area contributed by atoms with E-state index in [1.807, 2.05) is 13.1 Å². The maximum absolute atomic E-state index is 13.1. The molecule has 2 atom stereocenters. The molecule has 1 aliphatic rings. The van der Waals surface area contributed by atoms with E-state index in [0.29, 0.717) is 38.1 Å². The fourth-order valence-corrected chi connectivity index (χ4v) is 3.57. The predicted octanol–water partition coefficient (Wildman–Crippen LogP) is 1.66. The Hall–Kier alpha value is -2.90. The Morgan fingerprint density at radius 3 is 2.68 bits per heavy atom. The number of benzene rings is 1. The summed E-state index contributed by atoms with van der Waals surface area (Å²) in [6, 6.07) is 7.67. The maximum atomic E-state index is 13.1. The van der Waals surface area contributed by atoms with Gasteiger partial charge in [-0.05, 0) is 36.8 Å². The summed E-state index contributed by atoms with van der Waals surface area (Å²) in [5.41, 5.74) is 6.40. The molecule has 0 saturated carbocycles. The quantitative estimate of drug-likeness (QED) is 0.781. The summed E-state index contributed by atoms with van der Waals surface area (Å²) >= 11 is 0. The van der Waals surface area contributed by atoms with Gasteiger partial charge in [0.1, 0.15) is 17.7 Å². The zero-order valence-corrected chi connectivity index (χ0v) is 15.9. The second kappa shape index (κ2) is 8.86. The van der Waals surface area contributed by atoms with Crippen LogP contribution in [0.5, 0.6) is 5.75 Å². The number of nitrogens with two attached hydrogens (primary N) is 1. The Morgan fingerprint density at radius 1 is 1.29 bits per heavy atom. The molecule has 0 spiro atoms. The van der Waals surface area contributed by atoms with Crippen LogP contribution in [0.2, 0.25) is 0 Å². The molecular weight excluding hydrogens is 363 g/mol. The zero-order chi connectivity index (χ0) is 20.1. The fourth-order valence-electron chi connectivity index (χ4n) is 3.57. The van der Waals surface area contributed by atoms with Gasteiger partial charge >= 0.3 is 0 Å². The van der Waals surface area contributed by atoms with Gasteiger partial charge in [-0.1, -0.05) is 0 Å². The van der Waals surface area contributed by atoms with E-state index in [1.165, 1.54) is 12.1 Å². The molecule has 2 heterocycles. The normalized spacial score (nSPS) is 19.4. The number of ether oxygens (including phenoxy) is 1. The summed E-state index contributed by atoms with van der Waals surface area (Å²) in [4.78, 5) is 25.9. The van der Waals surface area contributed by atoms with Crippen LogP contribution >= 0.6 is 0 Å². The van der Waals surface area contributed by atoms with Crippen molar-refractivity contribution in [2.75, 3.05) is 13.1 Å². The van der Waals surface area contributed by atoms with E-state index in [9.17, 15) is 14.0 Å². The minimum Gasteiger partial charge on any atom is -0.490 e. The van der Waals surface area contributed by atoms with Gasteiger partial charge in [-0.15, -0.1) is 0 Å². The number of halogens is 1. The Kier molecular flexibility index (Phi) is 6.28. The minimum atomic E-state index is -0.429. The van der Waals surface area contributed by atoms with Crippen LogP contribution in [-0.4, -0.2) is 45.7 Å². The van der Waals surface area contributed by atoms with Crippen molar-refractivity contribution >= 4 is 11.8 Å². The van der Waals surface area contributed by atoms with Crippen molar-refractivity contribution in [1.82, 2.24) is 14.7 Å². The first kappa shape index (κ1) is 19.9. The van der Waals surface area contributed by atoms with Crippen molar-refractivity contribution in [3.8, 4) is 5.75 Å². The van der Waals surface area contributed by atoms with Gasteiger partial charge in [0.05, 0.1) is 0 Å². The molecule has 28 heavy (non-hydrogen) atoms. The SMILES string of the molecule is Cn1nccc1CCC(=O)N1CC[C@H](Oc2ccc(F)cc2)[C@@H](CC(N)=O)C1. The molecule has 1 saturated heterocycles. The van der Waals surface area contributed by atoms with E-state index in [1.54, 1.807) is 27.9 Å². The highest BCUT2D eigenvalue weighted by Crippen LogP contribution is 2.26. The molecule has 2 aromatic rings. The summed E-state index contributed by atoms with van der Waals surface area (Å²) < 4.78 is 20.8. The number of likely N-dealkylation sites (tertiary alicyclic amines) is 1.